The molecule has 3 rings (SSSR count). The summed E-state index contributed by atoms with van der Waals surface area (Å²) in [6.45, 7) is 4.52. The Morgan fingerprint density at radius 2 is 1.60 bits per heavy atom. The van der Waals surface area contributed by atoms with Crippen LogP contribution in [0.2, 0.25) is 0 Å². The SMILES string of the molecule is CC1(C)C=c2ccc(N=Nc3ccccc3)cc2=CC1. The predicted octanol–water partition coefficient (Wildman–Crippen LogP) is 4.09. The van der Waals surface area contributed by atoms with Crippen LogP contribution in [0.5, 0.6) is 0 Å². The summed E-state index contributed by atoms with van der Waals surface area (Å²) in [5.74, 6) is 0. The maximum atomic E-state index is 4.31. The van der Waals surface area contributed by atoms with Crippen molar-refractivity contribution < 1.29 is 0 Å². The summed E-state index contributed by atoms with van der Waals surface area (Å²) >= 11 is 0. The van der Waals surface area contributed by atoms with E-state index in [4.69, 9.17) is 0 Å². The fraction of sp³-hybridized carbons (Fsp3) is 0.222. The van der Waals surface area contributed by atoms with Crippen molar-refractivity contribution in [2.75, 3.05) is 0 Å². The summed E-state index contributed by atoms with van der Waals surface area (Å²) < 4.78 is 0. The molecule has 0 aromatic heterocycles. The van der Waals surface area contributed by atoms with Gasteiger partial charge in [0.2, 0.25) is 0 Å². The van der Waals surface area contributed by atoms with Crippen LogP contribution < -0.4 is 10.4 Å². The van der Waals surface area contributed by atoms with Crippen molar-refractivity contribution in [3.63, 3.8) is 0 Å². The highest BCUT2D eigenvalue weighted by atomic mass is 15.1. The molecule has 1 aliphatic rings. The summed E-state index contributed by atoms with van der Waals surface area (Å²) in [6, 6.07) is 16.1. The summed E-state index contributed by atoms with van der Waals surface area (Å²) in [6.07, 6.45) is 5.69. The fourth-order valence-electron chi connectivity index (χ4n) is 2.40. The molecule has 2 aromatic carbocycles. The summed E-state index contributed by atoms with van der Waals surface area (Å²) in [5, 5.41) is 11.1. The minimum absolute atomic E-state index is 0.250. The Bertz CT molecular complexity index is 756. The maximum absolute atomic E-state index is 4.31. The minimum atomic E-state index is 0.250. The van der Waals surface area contributed by atoms with Crippen LogP contribution in [0, 0.1) is 5.41 Å². The number of fused-ring (bicyclic) bond motifs is 1. The first-order valence-electron chi connectivity index (χ1n) is 6.92. The highest BCUT2D eigenvalue weighted by molar-refractivity contribution is 5.49. The van der Waals surface area contributed by atoms with Gasteiger partial charge in [0.15, 0.2) is 0 Å². The molecular formula is C18H18N2. The third-order valence-corrected chi connectivity index (χ3v) is 3.50. The van der Waals surface area contributed by atoms with Gasteiger partial charge in [-0.15, -0.1) is 0 Å². The van der Waals surface area contributed by atoms with Gasteiger partial charge in [-0.2, -0.15) is 10.2 Å². The predicted molar refractivity (Wildman–Crippen MR) is 83.6 cm³/mol. The molecule has 0 atom stereocenters. The van der Waals surface area contributed by atoms with Gasteiger partial charge >= 0.3 is 0 Å². The van der Waals surface area contributed by atoms with Crippen LogP contribution in [-0.4, -0.2) is 0 Å². The van der Waals surface area contributed by atoms with Crippen LogP contribution in [0.25, 0.3) is 12.2 Å². The highest BCUT2D eigenvalue weighted by Crippen LogP contribution is 2.24. The molecule has 0 N–H and O–H groups in total. The fourth-order valence-corrected chi connectivity index (χ4v) is 2.40. The zero-order chi connectivity index (χ0) is 14.0. The van der Waals surface area contributed by atoms with Gasteiger partial charge in [0.25, 0.3) is 0 Å². The molecule has 0 bridgehead atoms. The number of nitrogens with zero attached hydrogens (tertiary/aromatic N) is 2. The maximum Gasteiger partial charge on any atom is 0.0863 e. The highest BCUT2D eigenvalue weighted by Gasteiger charge is 2.14. The smallest absolute Gasteiger partial charge is 0.0863 e. The van der Waals surface area contributed by atoms with Crippen LogP contribution in [0.3, 0.4) is 0 Å². The number of rotatable bonds is 2. The van der Waals surface area contributed by atoms with Gasteiger partial charge in [-0.3, -0.25) is 0 Å². The van der Waals surface area contributed by atoms with Crippen molar-refractivity contribution in [3.8, 4) is 0 Å². The Morgan fingerprint density at radius 3 is 2.40 bits per heavy atom. The minimum Gasteiger partial charge on any atom is -0.151 e. The lowest BCUT2D eigenvalue weighted by Crippen LogP contribution is -2.31. The third kappa shape index (κ3) is 2.85. The van der Waals surface area contributed by atoms with Crippen LogP contribution in [0.1, 0.15) is 20.3 Å². The molecule has 2 nitrogen and oxygen atoms in total. The van der Waals surface area contributed by atoms with E-state index in [1.165, 1.54) is 10.4 Å². The molecule has 0 amide bonds. The van der Waals surface area contributed by atoms with E-state index in [1.54, 1.807) is 0 Å². The quantitative estimate of drug-likeness (QED) is 0.728. The van der Waals surface area contributed by atoms with Gasteiger partial charge in [0.05, 0.1) is 11.4 Å². The third-order valence-electron chi connectivity index (χ3n) is 3.50. The molecule has 0 fully saturated rings. The van der Waals surface area contributed by atoms with Gasteiger partial charge in [-0.25, -0.2) is 0 Å². The average Bonchev–Trinajstić information content (AvgIpc) is 2.45. The second kappa shape index (κ2) is 5.04. The molecule has 0 aliphatic heterocycles. The Morgan fingerprint density at radius 1 is 0.850 bits per heavy atom. The lowest BCUT2D eigenvalue weighted by Gasteiger charge is -2.20. The first kappa shape index (κ1) is 12.8. The van der Waals surface area contributed by atoms with E-state index in [-0.39, 0.29) is 5.41 Å². The van der Waals surface area contributed by atoms with Crippen LogP contribution in [-0.2, 0) is 0 Å². The van der Waals surface area contributed by atoms with Crippen molar-refractivity contribution in [2.24, 2.45) is 15.6 Å². The van der Waals surface area contributed by atoms with Gasteiger partial charge in [0, 0.05) is 0 Å². The molecule has 2 heteroatoms. The van der Waals surface area contributed by atoms with Gasteiger partial charge in [-0.1, -0.05) is 50.3 Å². The van der Waals surface area contributed by atoms with Crippen molar-refractivity contribution in [1.29, 1.82) is 0 Å². The Balaban J connectivity index is 1.93. The normalized spacial score (nSPS) is 16.3. The molecule has 1 aliphatic carbocycles. The van der Waals surface area contributed by atoms with E-state index in [0.717, 1.165) is 17.8 Å². The van der Waals surface area contributed by atoms with Gasteiger partial charge in [-0.05, 0) is 46.5 Å². The van der Waals surface area contributed by atoms with Crippen molar-refractivity contribution in [2.45, 2.75) is 20.3 Å². The molecule has 100 valence electrons. The zero-order valence-electron chi connectivity index (χ0n) is 11.9. The molecular weight excluding hydrogens is 244 g/mol. The molecule has 20 heavy (non-hydrogen) atoms. The molecule has 0 unspecified atom stereocenters. The second-order valence-corrected chi connectivity index (χ2v) is 5.89. The van der Waals surface area contributed by atoms with Crippen LogP contribution >= 0.6 is 0 Å². The lowest BCUT2D eigenvalue weighted by molar-refractivity contribution is 0.534. The number of benzene rings is 2. The zero-order valence-corrected chi connectivity index (χ0v) is 11.9. The molecule has 0 spiro atoms. The van der Waals surface area contributed by atoms with Gasteiger partial charge < -0.3 is 0 Å². The topological polar surface area (TPSA) is 24.7 Å². The van der Waals surface area contributed by atoms with Crippen molar-refractivity contribution in [1.82, 2.24) is 0 Å². The molecule has 0 heterocycles. The van der Waals surface area contributed by atoms with E-state index >= 15 is 0 Å². The molecule has 0 saturated heterocycles. The monoisotopic (exact) mass is 262 g/mol. The largest absolute Gasteiger partial charge is 0.151 e. The standard InChI is InChI=1S/C18H18N2/c1-18(2)11-10-14-12-17(9-8-15(14)13-18)20-19-16-6-4-3-5-7-16/h3-10,12-13H,11H2,1-2H3. The lowest BCUT2D eigenvalue weighted by atomic mass is 9.84. The molecule has 0 saturated carbocycles. The Kier molecular flexibility index (Phi) is 3.23. The van der Waals surface area contributed by atoms with Crippen molar-refractivity contribution >= 4 is 23.5 Å². The number of azo groups is 1. The van der Waals surface area contributed by atoms with E-state index in [2.05, 4.69) is 48.4 Å². The Hall–Kier alpha value is -2.22. The molecule has 0 radical (unpaired) electrons. The second-order valence-electron chi connectivity index (χ2n) is 5.89. The number of hydrogen-bond acceptors (Lipinski definition) is 2. The summed E-state index contributed by atoms with van der Waals surface area (Å²) in [5.41, 5.74) is 2.03. The van der Waals surface area contributed by atoms with Crippen LogP contribution in [0.4, 0.5) is 11.4 Å². The van der Waals surface area contributed by atoms with Crippen molar-refractivity contribution in [3.05, 3.63) is 59.0 Å². The first-order valence-corrected chi connectivity index (χ1v) is 6.92. The van der Waals surface area contributed by atoms with E-state index in [9.17, 15) is 0 Å². The first-order chi connectivity index (χ1) is 9.62. The van der Waals surface area contributed by atoms with E-state index in [0.29, 0.717) is 0 Å². The van der Waals surface area contributed by atoms with Gasteiger partial charge in [0.1, 0.15) is 0 Å². The molecule has 2 aromatic rings. The average molecular weight is 262 g/mol. The number of hydrogen-bond donors (Lipinski definition) is 0. The summed E-state index contributed by atoms with van der Waals surface area (Å²) in [4.78, 5) is 0. The van der Waals surface area contributed by atoms with Crippen LogP contribution in [0.15, 0.2) is 58.8 Å². The van der Waals surface area contributed by atoms with E-state index in [1.807, 2.05) is 36.4 Å². The van der Waals surface area contributed by atoms with E-state index < -0.39 is 0 Å². The summed E-state index contributed by atoms with van der Waals surface area (Å²) in [7, 11) is 0. The Labute approximate surface area is 119 Å².